The Balaban J connectivity index is 2.09. The van der Waals surface area contributed by atoms with Crippen molar-refractivity contribution in [3.05, 3.63) is 59.4 Å². The van der Waals surface area contributed by atoms with Gasteiger partial charge in [-0.15, -0.1) is 0 Å². The van der Waals surface area contributed by atoms with Crippen LogP contribution in [0.25, 0.3) is 0 Å². The number of hydrogen-bond donors (Lipinski definition) is 2. The molecule has 0 aliphatic heterocycles. The maximum atomic E-state index is 12.1. The van der Waals surface area contributed by atoms with Crippen LogP contribution in [0.15, 0.2) is 42.6 Å². The number of nitrogens with one attached hydrogen (secondary N) is 1. The van der Waals surface area contributed by atoms with Crippen molar-refractivity contribution in [1.82, 2.24) is 9.78 Å². The lowest BCUT2D eigenvalue weighted by atomic mass is 10.1. The average Bonchev–Trinajstić information content (AvgIpc) is 2.94. The number of nitrogens with zero attached hydrogens (tertiary/aromatic N) is 2. The van der Waals surface area contributed by atoms with Gasteiger partial charge in [0, 0.05) is 18.8 Å². The minimum absolute atomic E-state index is 0.0226. The molecule has 7 nitrogen and oxygen atoms in total. The highest BCUT2D eigenvalue weighted by Crippen LogP contribution is 2.15. The van der Waals surface area contributed by atoms with Gasteiger partial charge in [-0.1, -0.05) is 12.1 Å². The van der Waals surface area contributed by atoms with Crippen molar-refractivity contribution in [2.24, 2.45) is 0 Å². The summed E-state index contributed by atoms with van der Waals surface area (Å²) >= 11 is 0. The van der Waals surface area contributed by atoms with Crippen molar-refractivity contribution in [1.29, 1.82) is 0 Å². The van der Waals surface area contributed by atoms with Gasteiger partial charge in [0.2, 0.25) is 5.91 Å². The highest BCUT2D eigenvalue weighted by Gasteiger charge is 2.12. The van der Waals surface area contributed by atoms with Crippen LogP contribution in [0.1, 0.15) is 33.3 Å². The molecule has 0 saturated carbocycles. The number of carboxylic acid groups (broad SMARTS) is 1. The zero-order chi connectivity index (χ0) is 17.7. The van der Waals surface area contributed by atoms with Gasteiger partial charge >= 0.3 is 5.97 Å². The molecule has 124 valence electrons. The summed E-state index contributed by atoms with van der Waals surface area (Å²) in [6, 6.07) is 6.04. The Kier molecular flexibility index (Phi) is 5.26. The molecule has 1 amide bonds. The molecule has 1 heterocycles. The normalized spacial score (nSPS) is 10.8. The maximum Gasteiger partial charge on any atom is 0.337 e. The first-order valence-electron chi connectivity index (χ1n) is 7.32. The first-order valence-corrected chi connectivity index (χ1v) is 7.32. The molecule has 0 bridgehead atoms. The van der Waals surface area contributed by atoms with Gasteiger partial charge in [-0.2, -0.15) is 5.10 Å². The number of amides is 1. The first kappa shape index (κ1) is 17.1. The molecule has 7 heteroatoms. The van der Waals surface area contributed by atoms with E-state index in [1.54, 1.807) is 29.9 Å². The number of anilines is 1. The van der Waals surface area contributed by atoms with Crippen LogP contribution in [0.4, 0.5) is 5.69 Å². The Hall–Kier alpha value is -3.22. The largest absolute Gasteiger partial charge is 0.478 e. The van der Waals surface area contributed by atoms with Crippen LogP contribution >= 0.6 is 0 Å². The molecule has 0 radical (unpaired) electrons. The summed E-state index contributed by atoms with van der Waals surface area (Å²) in [7, 11) is 0. The minimum atomic E-state index is -1.14. The molecule has 0 unspecified atom stereocenters. The van der Waals surface area contributed by atoms with E-state index in [0.717, 1.165) is 12.2 Å². The van der Waals surface area contributed by atoms with E-state index in [1.807, 2.05) is 6.92 Å². The van der Waals surface area contributed by atoms with E-state index in [1.165, 1.54) is 12.1 Å². The molecule has 2 rings (SSSR count). The Morgan fingerprint density at radius 1 is 1.21 bits per heavy atom. The topological polar surface area (TPSA) is 101 Å². The van der Waals surface area contributed by atoms with Crippen molar-refractivity contribution in [2.45, 2.75) is 20.4 Å². The molecule has 1 aromatic heterocycles. The van der Waals surface area contributed by atoms with Crippen LogP contribution < -0.4 is 5.32 Å². The number of benzene rings is 1. The lowest BCUT2D eigenvalue weighted by molar-refractivity contribution is -0.111. The van der Waals surface area contributed by atoms with E-state index in [4.69, 9.17) is 5.11 Å². The van der Waals surface area contributed by atoms with E-state index in [0.29, 0.717) is 17.8 Å². The highest BCUT2D eigenvalue weighted by atomic mass is 16.4. The summed E-state index contributed by atoms with van der Waals surface area (Å²) < 4.78 is 1.64. The molecule has 2 aromatic rings. The monoisotopic (exact) mass is 327 g/mol. The Labute approximate surface area is 138 Å². The number of carbonyl (C=O) groups excluding carboxylic acids is 2. The predicted molar refractivity (Wildman–Crippen MR) is 88.1 cm³/mol. The summed E-state index contributed by atoms with van der Waals surface area (Å²) in [6.07, 6.45) is 3.84. The van der Waals surface area contributed by atoms with Gasteiger partial charge in [0.15, 0.2) is 5.78 Å². The fraction of sp³-hybridized carbons (Fsp3) is 0.176. The Bertz CT molecular complexity index is 821. The number of rotatable bonds is 6. The summed E-state index contributed by atoms with van der Waals surface area (Å²) in [4.78, 5) is 35.1. The van der Waals surface area contributed by atoms with Gasteiger partial charge in [0.25, 0.3) is 0 Å². The lowest BCUT2D eigenvalue weighted by Crippen LogP contribution is -2.12. The van der Waals surface area contributed by atoms with Gasteiger partial charge in [0.05, 0.1) is 22.5 Å². The quantitative estimate of drug-likeness (QED) is 0.626. The highest BCUT2D eigenvalue weighted by molar-refractivity contribution is 6.11. The summed E-state index contributed by atoms with van der Waals surface area (Å²) in [6.45, 7) is 4.27. The van der Waals surface area contributed by atoms with E-state index >= 15 is 0 Å². The van der Waals surface area contributed by atoms with E-state index in [2.05, 4.69) is 10.4 Å². The molecule has 24 heavy (non-hydrogen) atoms. The van der Waals surface area contributed by atoms with Crippen molar-refractivity contribution >= 4 is 23.3 Å². The van der Waals surface area contributed by atoms with E-state index in [-0.39, 0.29) is 17.0 Å². The Morgan fingerprint density at radius 2 is 1.92 bits per heavy atom. The number of carbonyl (C=O) groups is 3. The second-order valence-corrected chi connectivity index (χ2v) is 5.02. The molecular formula is C17H17N3O4. The number of carboxylic acids is 1. The van der Waals surface area contributed by atoms with Crippen molar-refractivity contribution in [3.8, 4) is 0 Å². The van der Waals surface area contributed by atoms with Crippen molar-refractivity contribution in [2.75, 3.05) is 5.32 Å². The van der Waals surface area contributed by atoms with Crippen molar-refractivity contribution in [3.63, 3.8) is 0 Å². The van der Waals surface area contributed by atoms with Gasteiger partial charge in [-0.3, -0.25) is 14.3 Å². The Morgan fingerprint density at radius 3 is 2.54 bits per heavy atom. The zero-order valence-electron chi connectivity index (χ0n) is 13.3. The fourth-order valence-corrected chi connectivity index (χ4v) is 2.12. The smallest absolute Gasteiger partial charge is 0.337 e. The molecule has 0 atom stereocenters. The van der Waals surface area contributed by atoms with Crippen LogP contribution in [-0.2, 0) is 11.3 Å². The second kappa shape index (κ2) is 7.36. The van der Waals surface area contributed by atoms with Gasteiger partial charge < -0.3 is 10.4 Å². The third-order valence-corrected chi connectivity index (χ3v) is 3.34. The van der Waals surface area contributed by atoms with Crippen LogP contribution in [0, 0.1) is 6.92 Å². The molecule has 0 saturated heterocycles. The maximum absolute atomic E-state index is 12.1. The van der Waals surface area contributed by atoms with Crippen LogP contribution in [0.2, 0.25) is 0 Å². The first-order chi connectivity index (χ1) is 11.4. The number of hydrogen-bond acceptors (Lipinski definition) is 4. The van der Waals surface area contributed by atoms with Crippen LogP contribution in [0.5, 0.6) is 0 Å². The number of aryl methyl sites for hydroxylation is 2. The molecule has 1 aromatic carbocycles. The zero-order valence-corrected chi connectivity index (χ0v) is 13.3. The number of aromatic carboxylic acids is 1. The fourth-order valence-electron chi connectivity index (χ4n) is 2.12. The van der Waals surface area contributed by atoms with Crippen LogP contribution in [0.3, 0.4) is 0 Å². The lowest BCUT2D eigenvalue weighted by Gasteiger charge is -2.05. The summed E-state index contributed by atoms with van der Waals surface area (Å²) in [5, 5.41) is 15.7. The SMILES string of the molecule is CCn1cc(C(=O)C=CC(=O)Nc2ccccc2C(=O)O)c(C)n1. The van der Waals surface area contributed by atoms with Crippen LogP contribution in [-0.4, -0.2) is 32.5 Å². The number of aromatic nitrogens is 2. The molecule has 0 spiro atoms. The van der Waals surface area contributed by atoms with Gasteiger partial charge in [-0.05, 0) is 32.1 Å². The summed E-state index contributed by atoms with van der Waals surface area (Å²) in [5.74, 6) is -2.07. The van der Waals surface area contributed by atoms with Gasteiger partial charge in [0.1, 0.15) is 0 Å². The molecule has 2 N–H and O–H groups in total. The third kappa shape index (κ3) is 3.95. The number of ketones is 1. The molecule has 0 aliphatic rings. The predicted octanol–water partition coefficient (Wildman–Crippen LogP) is 2.29. The van der Waals surface area contributed by atoms with E-state index < -0.39 is 11.9 Å². The second-order valence-electron chi connectivity index (χ2n) is 5.02. The number of allylic oxidation sites excluding steroid dienone is 1. The van der Waals surface area contributed by atoms with Crippen molar-refractivity contribution < 1.29 is 19.5 Å². The number of para-hydroxylation sites is 1. The molecular weight excluding hydrogens is 310 g/mol. The molecule has 0 fully saturated rings. The minimum Gasteiger partial charge on any atom is -0.478 e. The van der Waals surface area contributed by atoms with E-state index in [9.17, 15) is 14.4 Å². The standard InChI is InChI=1S/C17H17N3O4/c1-3-20-10-13(11(2)19-20)15(21)8-9-16(22)18-14-7-5-4-6-12(14)17(23)24/h4-10H,3H2,1-2H3,(H,18,22)(H,23,24). The molecule has 0 aliphatic carbocycles. The average molecular weight is 327 g/mol. The third-order valence-electron chi connectivity index (χ3n) is 3.34. The summed E-state index contributed by atoms with van der Waals surface area (Å²) in [5.41, 5.74) is 1.16. The van der Waals surface area contributed by atoms with Gasteiger partial charge in [-0.25, -0.2) is 4.79 Å².